The third-order valence-electron chi connectivity index (χ3n) is 5.65. The van der Waals surface area contributed by atoms with E-state index < -0.39 is 0 Å². The van der Waals surface area contributed by atoms with Crippen LogP contribution in [0.1, 0.15) is 30.0 Å². The van der Waals surface area contributed by atoms with Crippen LogP contribution in [0.25, 0.3) is 16.6 Å². The summed E-state index contributed by atoms with van der Waals surface area (Å²) < 4.78 is 1.82. The van der Waals surface area contributed by atoms with E-state index in [0.29, 0.717) is 28.8 Å². The van der Waals surface area contributed by atoms with E-state index in [-0.39, 0.29) is 17.5 Å². The fraction of sp³-hybridized carbons (Fsp3) is 0.273. The molecule has 0 atom stereocenters. The van der Waals surface area contributed by atoms with Gasteiger partial charge in [0, 0.05) is 30.9 Å². The SMILES string of the molecule is O=C(NCc1cccnc1)Nc1cccc2nn3c(C4CCNCC4)cc(=O)[nH]c3c12. The van der Waals surface area contributed by atoms with E-state index in [0.717, 1.165) is 37.2 Å². The molecule has 4 heterocycles. The quantitative estimate of drug-likeness (QED) is 0.407. The number of hydrogen-bond donors (Lipinski definition) is 4. The predicted octanol–water partition coefficient (Wildman–Crippen LogP) is 2.36. The van der Waals surface area contributed by atoms with Crippen molar-refractivity contribution in [2.45, 2.75) is 25.3 Å². The van der Waals surface area contributed by atoms with Crippen LogP contribution in [-0.4, -0.2) is 38.7 Å². The van der Waals surface area contributed by atoms with Gasteiger partial charge >= 0.3 is 6.03 Å². The summed E-state index contributed by atoms with van der Waals surface area (Å²) in [5, 5.41) is 14.5. The fourth-order valence-electron chi connectivity index (χ4n) is 4.15. The lowest BCUT2D eigenvalue weighted by atomic mass is 9.94. The molecule has 4 aromatic rings. The minimum absolute atomic E-state index is 0.168. The number of H-pyrrole nitrogens is 1. The normalized spacial score (nSPS) is 14.7. The van der Waals surface area contributed by atoms with Gasteiger partial charge in [0.05, 0.1) is 22.3 Å². The summed E-state index contributed by atoms with van der Waals surface area (Å²) in [5.41, 5.74) is 3.54. The van der Waals surface area contributed by atoms with Crippen LogP contribution >= 0.6 is 0 Å². The molecule has 1 fully saturated rings. The molecule has 0 spiro atoms. The maximum atomic E-state index is 12.5. The van der Waals surface area contributed by atoms with E-state index in [1.54, 1.807) is 18.5 Å². The zero-order chi connectivity index (χ0) is 21.2. The number of benzene rings is 1. The first-order valence-corrected chi connectivity index (χ1v) is 10.4. The number of hydrogen-bond acceptors (Lipinski definition) is 5. The number of nitrogens with one attached hydrogen (secondary N) is 4. The molecular weight excluding hydrogens is 394 g/mol. The highest BCUT2D eigenvalue weighted by atomic mass is 16.2. The standard InChI is InChI=1S/C22H23N7O2/c30-19-11-18(15-6-9-23-10-7-15)29-21(27-19)20-16(4-1-5-17(20)28-29)26-22(31)25-13-14-3-2-8-24-12-14/h1-5,8,11-12,15,23H,6-7,9-10,13H2,(H,27,30)(H2,25,26,31). The summed E-state index contributed by atoms with van der Waals surface area (Å²) in [4.78, 5) is 31.9. The molecule has 2 amide bonds. The maximum absolute atomic E-state index is 12.5. The zero-order valence-electron chi connectivity index (χ0n) is 16.9. The van der Waals surface area contributed by atoms with Crippen LogP contribution in [0.4, 0.5) is 10.5 Å². The van der Waals surface area contributed by atoms with Crippen LogP contribution in [0.3, 0.4) is 0 Å². The number of nitrogens with zero attached hydrogens (tertiary/aromatic N) is 3. The maximum Gasteiger partial charge on any atom is 0.319 e. The van der Waals surface area contributed by atoms with E-state index in [2.05, 4.69) is 25.9 Å². The number of piperidine rings is 1. The molecule has 1 aliphatic rings. The largest absolute Gasteiger partial charge is 0.334 e. The Morgan fingerprint density at radius 1 is 1.19 bits per heavy atom. The molecule has 9 nitrogen and oxygen atoms in total. The van der Waals surface area contributed by atoms with Gasteiger partial charge in [-0.1, -0.05) is 12.1 Å². The Bertz CT molecular complexity index is 1290. The average molecular weight is 417 g/mol. The molecule has 1 aromatic carbocycles. The Morgan fingerprint density at radius 3 is 2.87 bits per heavy atom. The molecule has 158 valence electrons. The van der Waals surface area contributed by atoms with Gasteiger partial charge in [0.2, 0.25) is 0 Å². The molecule has 0 saturated carbocycles. The van der Waals surface area contributed by atoms with Gasteiger partial charge < -0.3 is 20.9 Å². The Kier molecular flexibility index (Phi) is 5.09. The first kappa shape index (κ1) is 19.3. The van der Waals surface area contributed by atoms with Crippen molar-refractivity contribution in [3.05, 3.63) is 70.4 Å². The molecule has 0 radical (unpaired) electrons. The van der Waals surface area contributed by atoms with Crippen LogP contribution in [0, 0.1) is 0 Å². The van der Waals surface area contributed by atoms with Gasteiger partial charge in [0.15, 0.2) is 0 Å². The van der Waals surface area contributed by atoms with Gasteiger partial charge in [-0.05, 0) is 49.7 Å². The summed E-state index contributed by atoms with van der Waals surface area (Å²) >= 11 is 0. The molecule has 5 rings (SSSR count). The van der Waals surface area contributed by atoms with Crippen molar-refractivity contribution in [2.75, 3.05) is 18.4 Å². The van der Waals surface area contributed by atoms with Crippen LogP contribution in [0.2, 0.25) is 0 Å². The van der Waals surface area contributed by atoms with Crippen molar-refractivity contribution >= 4 is 28.3 Å². The summed E-state index contributed by atoms with van der Waals surface area (Å²) in [6.45, 7) is 2.20. The van der Waals surface area contributed by atoms with E-state index in [4.69, 9.17) is 5.10 Å². The number of anilines is 1. The summed E-state index contributed by atoms with van der Waals surface area (Å²) in [6, 6.07) is 10.6. The number of urea groups is 1. The minimum atomic E-state index is -0.340. The summed E-state index contributed by atoms with van der Waals surface area (Å²) in [6.07, 6.45) is 5.31. The van der Waals surface area contributed by atoms with E-state index in [1.807, 2.05) is 34.8 Å². The summed E-state index contributed by atoms with van der Waals surface area (Å²) in [5.74, 6) is 0.263. The molecule has 0 aliphatic carbocycles. The Hall–Kier alpha value is -3.72. The molecule has 0 unspecified atom stereocenters. The second kappa shape index (κ2) is 8.19. The number of amides is 2. The highest BCUT2D eigenvalue weighted by Crippen LogP contribution is 2.30. The van der Waals surface area contributed by atoms with E-state index >= 15 is 0 Å². The molecule has 3 aromatic heterocycles. The van der Waals surface area contributed by atoms with Crippen molar-refractivity contribution in [3.63, 3.8) is 0 Å². The number of aromatic amines is 1. The fourth-order valence-corrected chi connectivity index (χ4v) is 4.15. The number of carbonyl (C=O) groups excluding carboxylic acids is 1. The molecular formula is C22H23N7O2. The van der Waals surface area contributed by atoms with Crippen LogP contribution < -0.4 is 21.5 Å². The Labute approximate surface area is 177 Å². The number of rotatable bonds is 4. The van der Waals surface area contributed by atoms with Crippen molar-refractivity contribution in [3.8, 4) is 0 Å². The number of fused-ring (bicyclic) bond motifs is 3. The first-order valence-electron chi connectivity index (χ1n) is 10.4. The predicted molar refractivity (Wildman–Crippen MR) is 118 cm³/mol. The van der Waals surface area contributed by atoms with E-state index in [1.165, 1.54) is 0 Å². The first-order chi connectivity index (χ1) is 15.2. The number of aromatic nitrogens is 4. The molecule has 0 bridgehead atoms. The van der Waals surface area contributed by atoms with Crippen molar-refractivity contribution in [2.24, 2.45) is 0 Å². The second-order valence-corrected chi connectivity index (χ2v) is 7.71. The number of pyridine rings is 1. The molecule has 4 N–H and O–H groups in total. The van der Waals surface area contributed by atoms with Gasteiger partial charge in [-0.2, -0.15) is 5.10 Å². The topological polar surface area (TPSA) is 116 Å². The minimum Gasteiger partial charge on any atom is -0.334 e. The zero-order valence-corrected chi connectivity index (χ0v) is 16.9. The third kappa shape index (κ3) is 3.87. The van der Waals surface area contributed by atoms with Crippen molar-refractivity contribution in [1.29, 1.82) is 0 Å². The molecule has 9 heteroatoms. The Balaban J connectivity index is 1.49. The highest BCUT2D eigenvalue weighted by Gasteiger charge is 2.21. The number of carbonyl (C=O) groups is 1. The van der Waals surface area contributed by atoms with Gasteiger partial charge in [-0.3, -0.25) is 9.78 Å². The third-order valence-corrected chi connectivity index (χ3v) is 5.65. The highest BCUT2D eigenvalue weighted by molar-refractivity contribution is 6.07. The van der Waals surface area contributed by atoms with E-state index in [9.17, 15) is 9.59 Å². The van der Waals surface area contributed by atoms with Gasteiger partial charge in [-0.15, -0.1) is 0 Å². The monoisotopic (exact) mass is 417 g/mol. The van der Waals surface area contributed by atoms with Crippen LogP contribution in [-0.2, 0) is 6.54 Å². The van der Waals surface area contributed by atoms with Gasteiger partial charge in [0.1, 0.15) is 5.65 Å². The Morgan fingerprint density at radius 2 is 2.06 bits per heavy atom. The van der Waals surface area contributed by atoms with Crippen molar-refractivity contribution < 1.29 is 4.79 Å². The van der Waals surface area contributed by atoms with Crippen molar-refractivity contribution in [1.82, 2.24) is 30.2 Å². The van der Waals surface area contributed by atoms with Crippen LogP contribution in [0.15, 0.2) is 53.6 Å². The molecule has 1 saturated heterocycles. The lowest BCUT2D eigenvalue weighted by Gasteiger charge is -2.23. The molecule has 31 heavy (non-hydrogen) atoms. The second-order valence-electron chi connectivity index (χ2n) is 7.71. The lowest BCUT2D eigenvalue weighted by Crippen LogP contribution is -2.28. The lowest BCUT2D eigenvalue weighted by molar-refractivity contribution is 0.252. The van der Waals surface area contributed by atoms with Crippen LogP contribution in [0.5, 0.6) is 0 Å². The summed E-state index contributed by atoms with van der Waals surface area (Å²) in [7, 11) is 0. The average Bonchev–Trinajstić information content (AvgIpc) is 3.18. The van der Waals surface area contributed by atoms with Gasteiger partial charge in [0.25, 0.3) is 5.56 Å². The van der Waals surface area contributed by atoms with Gasteiger partial charge in [-0.25, -0.2) is 9.31 Å². The smallest absolute Gasteiger partial charge is 0.319 e. The molecule has 1 aliphatic heterocycles.